The molecule has 0 aliphatic carbocycles. The summed E-state index contributed by atoms with van der Waals surface area (Å²) in [6, 6.07) is 34.8. The largest absolute Gasteiger partial charge is 0.491 e. The van der Waals surface area contributed by atoms with Gasteiger partial charge in [-0.05, 0) is 71.1 Å². The molecular weight excluding hydrogens is 851 g/mol. The maximum absolute atomic E-state index is 16.3. The minimum atomic E-state index is -2.11. The summed E-state index contributed by atoms with van der Waals surface area (Å²) >= 11 is 0. The Morgan fingerprint density at radius 3 is 2.16 bits per heavy atom. The number of benzene rings is 5. The summed E-state index contributed by atoms with van der Waals surface area (Å²) < 4.78 is 17.4. The number of hydrogen-bond donors (Lipinski definition) is 3. The number of aliphatic hydroxyl groups is 1. The van der Waals surface area contributed by atoms with Crippen LogP contribution in [-0.2, 0) is 40.6 Å². The van der Waals surface area contributed by atoms with Crippen molar-refractivity contribution in [2.24, 2.45) is 17.6 Å². The molecule has 7 atom stereocenters. The van der Waals surface area contributed by atoms with Gasteiger partial charge in [-0.25, -0.2) is 14.5 Å². The number of cyclic esters (lactones) is 1. The van der Waals surface area contributed by atoms with Crippen LogP contribution in [0.4, 0.5) is 10.5 Å². The number of hydrogen-bond acceptors (Lipinski definition) is 11. The number of nitrogens with zero attached hydrogens (tertiary/aromatic N) is 3. The molecule has 14 heteroatoms. The number of aliphatic hydroxyl groups excluding tert-OH is 1. The molecule has 4 N–H and O–H groups in total. The van der Waals surface area contributed by atoms with Gasteiger partial charge >= 0.3 is 18.0 Å². The van der Waals surface area contributed by atoms with Crippen molar-refractivity contribution in [1.29, 1.82) is 0 Å². The Hall–Kier alpha value is -7.31. The number of primary amides is 1. The van der Waals surface area contributed by atoms with Gasteiger partial charge in [0.25, 0.3) is 0 Å². The smallest absolute Gasteiger partial charge is 0.329 e. The SMILES string of the molecule is COC(=O)[C@@H](NC(=O)N1C(=O)[C@@]2(c3cc(C#CCN(C)Cc4ccccc4)ccc31)[C@H](C(N)=O)[C@H]1C(=O)O[C@H](c3ccccc3)[C@H](c3ccccc3)N1[C@@H]2c1cccc(OCCO)c1)C(C)C. The van der Waals surface area contributed by atoms with E-state index in [-0.39, 0.29) is 24.5 Å². The lowest BCUT2D eigenvalue weighted by Crippen LogP contribution is -2.57. The summed E-state index contributed by atoms with van der Waals surface area (Å²) in [4.78, 5) is 78.7. The Morgan fingerprint density at radius 1 is 0.866 bits per heavy atom. The summed E-state index contributed by atoms with van der Waals surface area (Å²) in [5.74, 6) is 1.37. The zero-order chi connectivity index (χ0) is 47.4. The number of imide groups is 1. The first-order chi connectivity index (χ1) is 32.4. The number of esters is 2. The normalized spacial score (nSPS) is 22.4. The van der Waals surface area contributed by atoms with Gasteiger partial charge in [0, 0.05) is 12.1 Å². The fourth-order valence-corrected chi connectivity index (χ4v) is 10.0. The van der Waals surface area contributed by atoms with E-state index >= 15 is 9.59 Å². The van der Waals surface area contributed by atoms with Gasteiger partial charge in [0.05, 0.1) is 44.0 Å². The summed E-state index contributed by atoms with van der Waals surface area (Å²) in [5, 5.41) is 12.5. The van der Waals surface area contributed by atoms with Crippen molar-refractivity contribution >= 4 is 35.5 Å². The van der Waals surface area contributed by atoms with Crippen LogP contribution in [0.25, 0.3) is 0 Å². The highest BCUT2D eigenvalue weighted by molar-refractivity contribution is 6.25. The molecule has 5 aromatic rings. The van der Waals surface area contributed by atoms with Gasteiger partial charge < -0.3 is 30.4 Å². The van der Waals surface area contributed by atoms with Crippen molar-refractivity contribution in [3.63, 3.8) is 0 Å². The average Bonchev–Trinajstić information content (AvgIpc) is 3.79. The summed E-state index contributed by atoms with van der Waals surface area (Å²) in [6.45, 7) is 4.16. The highest BCUT2D eigenvalue weighted by Crippen LogP contribution is 2.66. The molecule has 0 radical (unpaired) electrons. The van der Waals surface area contributed by atoms with Crippen molar-refractivity contribution < 1.29 is 43.3 Å². The first kappa shape index (κ1) is 46.2. The lowest BCUT2D eigenvalue weighted by Gasteiger charge is -2.46. The highest BCUT2D eigenvalue weighted by atomic mass is 16.6. The molecule has 3 heterocycles. The van der Waals surface area contributed by atoms with Gasteiger partial charge in [0.1, 0.15) is 36.0 Å². The lowest BCUT2D eigenvalue weighted by atomic mass is 9.65. The van der Waals surface area contributed by atoms with Crippen molar-refractivity contribution in [2.45, 2.75) is 56.1 Å². The predicted octanol–water partition coefficient (Wildman–Crippen LogP) is 5.60. The van der Waals surface area contributed by atoms with Crippen LogP contribution in [0.2, 0.25) is 0 Å². The predicted molar refractivity (Wildman–Crippen MR) is 249 cm³/mol. The van der Waals surface area contributed by atoms with E-state index in [0.29, 0.717) is 41.1 Å². The van der Waals surface area contributed by atoms with Crippen molar-refractivity contribution in [3.05, 3.63) is 167 Å². The quantitative estimate of drug-likeness (QED) is 0.0989. The van der Waals surface area contributed by atoms with Gasteiger partial charge in [0.15, 0.2) is 0 Å². The van der Waals surface area contributed by atoms with E-state index in [0.717, 1.165) is 10.5 Å². The number of anilines is 1. The van der Waals surface area contributed by atoms with Gasteiger partial charge in [-0.15, -0.1) is 0 Å². The number of amides is 4. The minimum absolute atomic E-state index is 0.0416. The van der Waals surface area contributed by atoms with Crippen LogP contribution in [0.5, 0.6) is 5.75 Å². The Balaban J connectivity index is 1.38. The number of morpholine rings is 1. The van der Waals surface area contributed by atoms with E-state index in [4.69, 9.17) is 19.9 Å². The maximum Gasteiger partial charge on any atom is 0.329 e. The number of nitrogens with two attached hydrogens (primary N) is 1. The Kier molecular flexibility index (Phi) is 13.6. The Labute approximate surface area is 389 Å². The van der Waals surface area contributed by atoms with Gasteiger partial charge in [0.2, 0.25) is 11.8 Å². The lowest BCUT2D eigenvalue weighted by molar-refractivity contribution is -0.178. The average molecular weight is 904 g/mol. The molecule has 344 valence electrons. The number of urea groups is 1. The highest BCUT2D eigenvalue weighted by Gasteiger charge is 2.75. The third kappa shape index (κ3) is 8.65. The third-order valence-electron chi connectivity index (χ3n) is 12.8. The molecule has 0 bridgehead atoms. The molecule has 8 rings (SSSR count). The first-order valence-corrected chi connectivity index (χ1v) is 22.2. The van der Waals surface area contributed by atoms with E-state index in [1.807, 2.05) is 103 Å². The fraction of sp³-hybridized carbons (Fsp3) is 0.302. The second kappa shape index (κ2) is 19.7. The molecule has 3 aliphatic heterocycles. The first-order valence-electron chi connectivity index (χ1n) is 22.2. The molecule has 2 saturated heterocycles. The van der Waals surface area contributed by atoms with Gasteiger partial charge in [-0.1, -0.05) is 129 Å². The Bertz CT molecular complexity index is 2710. The Morgan fingerprint density at radius 2 is 1.52 bits per heavy atom. The molecule has 0 saturated carbocycles. The monoisotopic (exact) mass is 903 g/mol. The topological polar surface area (TPSA) is 181 Å². The summed E-state index contributed by atoms with van der Waals surface area (Å²) in [7, 11) is 3.16. The van der Waals surface area contributed by atoms with Crippen LogP contribution in [-0.4, -0.2) is 90.7 Å². The zero-order valence-corrected chi connectivity index (χ0v) is 37.7. The van der Waals surface area contributed by atoms with Crippen LogP contribution in [0, 0.1) is 23.7 Å². The molecule has 2 fully saturated rings. The molecule has 0 unspecified atom stereocenters. The number of carbonyl (C=O) groups is 5. The van der Waals surface area contributed by atoms with E-state index in [1.165, 1.54) is 7.11 Å². The second-order valence-electron chi connectivity index (χ2n) is 17.3. The molecular formula is C53H53N5O9. The molecule has 4 amide bonds. The van der Waals surface area contributed by atoms with Crippen LogP contribution in [0.15, 0.2) is 133 Å². The second-order valence-corrected chi connectivity index (χ2v) is 17.3. The number of carbonyl (C=O) groups excluding carboxylic acids is 5. The van der Waals surface area contributed by atoms with Crippen molar-refractivity contribution in [1.82, 2.24) is 15.1 Å². The van der Waals surface area contributed by atoms with Crippen LogP contribution in [0.3, 0.4) is 0 Å². The summed E-state index contributed by atoms with van der Waals surface area (Å²) in [6.07, 6.45) is -0.945. The molecule has 3 aliphatic rings. The molecule has 67 heavy (non-hydrogen) atoms. The standard InChI is InChI=1S/C53H53N5O9/c1-33(2)43(49(61)65-4)55-52(64)57-41-26-25-34(18-15-27-56(3)32-35-16-8-5-9-17-35)30-40(41)53(51(57)63)42(48(54)60)45-50(62)67-46(37-21-12-7-13-22-37)44(36-19-10-6-11-20-36)58(45)47(53)38-23-14-24-39(31-38)66-29-28-59/h5-14,16-17,19-26,30-31,33,42-47,59H,27-29,32H2,1-4H3,(H2,54,60)(H,55,64)/t42-,43-,44-,45-,46+,47+,53-/m0/s1. The maximum atomic E-state index is 16.3. The van der Waals surface area contributed by atoms with E-state index in [2.05, 4.69) is 22.1 Å². The fourth-order valence-electron chi connectivity index (χ4n) is 10.0. The zero-order valence-electron chi connectivity index (χ0n) is 37.7. The van der Waals surface area contributed by atoms with E-state index in [1.54, 1.807) is 56.3 Å². The molecule has 5 aromatic carbocycles. The van der Waals surface area contributed by atoms with E-state index < -0.39 is 77.3 Å². The molecule has 14 nitrogen and oxygen atoms in total. The number of rotatable bonds is 13. The summed E-state index contributed by atoms with van der Waals surface area (Å²) in [5.41, 5.74) is 8.14. The van der Waals surface area contributed by atoms with Crippen LogP contribution >= 0.6 is 0 Å². The number of nitrogens with one attached hydrogen (secondary N) is 1. The van der Waals surface area contributed by atoms with Crippen LogP contribution < -0.4 is 20.7 Å². The van der Waals surface area contributed by atoms with Gasteiger partial charge in [-0.3, -0.25) is 24.2 Å². The molecule has 0 aromatic heterocycles. The molecule has 1 spiro atoms. The number of ether oxygens (including phenoxy) is 3. The van der Waals surface area contributed by atoms with Crippen molar-refractivity contribution in [3.8, 4) is 17.6 Å². The third-order valence-corrected chi connectivity index (χ3v) is 12.8. The van der Waals surface area contributed by atoms with Gasteiger partial charge in [-0.2, -0.15) is 0 Å². The number of methoxy groups -OCH3 is 1. The van der Waals surface area contributed by atoms with E-state index in [9.17, 15) is 19.5 Å². The number of fused-ring (bicyclic) bond motifs is 3. The van der Waals surface area contributed by atoms with Crippen LogP contribution in [0.1, 0.15) is 65.4 Å². The van der Waals surface area contributed by atoms with Crippen molar-refractivity contribution in [2.75, 3.05) is 38.8 Å². The minimum Gasteiger partial charge on any atom is -0.491 e.